The van der Waals surface area contributed by atoms with Crippen LogP contribution in [0.1, 0.15) is 30.9 Å². The van der Waals surface area contributed by atoms with Crippen LogP contribution in [-0.4, -0.2) is 32.2 Å². The second kappa shape index (κ2) is 5.69. The van der Waals surface area contributed by atoms with Gasteiger partial charge in [-0.1, -0.05) is 12.1 Å². The van der Waals surface area contributed by atoms with Crippen LogP contribution >= 0.6 is 0 Å². The molecular formula is C18H25NO3. The monoisotopic (exact) mass is 303 g/mol. The number of nitrogens with two attached hydrogens (primary N) is 1. The van der Waals surface area contributed by atoms with Crippen LogP contribution in [0.5, 0.6) is 5.75 Å². The molecule has 0 saturated carbocycles. The summed E-state index contributed by atoms with van der Waals surface area (Å²) in [4.78, 5) is 0. The molecule has 2 atom stereocenters. The third-order valence-corrected chi connectivity index (χ3v) is 5.20. The lowest BCUT2D eigenvalue weighted by Gasteiger charge is -2.53. The molecule has 0 amide bonds. The lowest BCUT2D eigenvalue weighted by Crippen LogP contribution is -2.63. The number of methoxy groups -OCH3 is 1. The van der Waals surface area contributed by atoms with Crippen molar-refractivity contribution in [2.24, 2.45) is 5.73 Å². The summed E-state index contributed by atoms with van der Waals surface area (Å²) in [6.45, 7) is 7.22. The van der Waals surface area contributed by atoms with Crippen LogP contribution in [0.3, 0.4) is 0 Å². The van der Waals surface area contributed by atoms with Crippen LogP contribution in [0, 0.1) is 0 Å². The molecule has 1 heterocycles. The zero-order valence-corrected chi connectivity index (χ0v) is 13.4. The average Bonchev–Trinajstić information content (AvgIpc) is 2.99. The molecule has 1 aliphatic carbocycles. The maximum absolute atomic E-state index is 6.50. The summed E-state index contributed by atoms with van der Waals surface area (Å²) < 4.78 is 17.7. The molecule has 1 aliphatic heterocycles. The molecule has 4 nitrogen and oxygen atoms in total. The molecule has 2 N–H and O–H groups in total. The predicted molar refractivity (Wildman–Crippen MR) is 86.1 cm³/mol. The van der Waals surface area contributed by atoms with Crippen molar-refractivity contribution in [2.45, 2.75) is 43.4 Å². The lowest BCUT2D eigenvalue weighted by atomic mass is 9.60. The number of ether oxygens (including phenoxy) is 3. The first-order valence-corrected chi connectivity index (χ1v) is 7.91. The molecule has 1 fully saturated rings. The minimum absolute atomic E-state index is 0.130. The van der Waals surface area contributed by atoms with E-state index in [1.165, 1.54) is 11.1 Å². The summed E-state index contributed by atoms with van der Waals surface area (Å²) in [7, 11) is 1.68. The molecule has 2 aliphatic rings. The Bertz CT molecular complexity index is 563. The van der Waals surface area contributed by atoms with E-state index in [1.54, 1.807) is 7.11 Å². The Kier molecular flexibility index (Phi) is 4.02. The molecule has 3 rings (SSSR count). The maximum Gasteiger partial charge on any atom is 0.180 e. The van der Waals surface area contributed by atoms with E-state index in [1.807, 2.05) is 19.1 Å². The highest BCUT2D eigenvalue weighted by Gasteiger charge is 2.60. The van der Waals surface area contributed by atoms with E-state index in [4.69, 9.17) is 19.9 Å². The molecule has 1 aromatic rings. The SMILES string of the molecule is C=CCC1(C(C)N)c2cc(OC)ccc2CCC12OCCO2. The Morgan fingerprint density at radius 1 is 1.41 bits per heavy atom. The van der Waals surface area contributed by atoms with Crippen molar-refractivity contribution in [2.75, 3.05) is 20.3 Å². The van der Waals surface area contributed by atoms with Crippen LogP contribution < -0.4 is 10.5 Å². The van der Waals surface area contributed by atoms with Crippen molar-refractivity contribution in [3.05, 3.63) is 42.0 Å². The lowest BCUT2D eigenvalue weighted by molar-refractivity contribution is -0.222. The Labute approximate surface area is 132 Å². The Balaban J connectivity index is 2.24. The molecule has 0 bridgehead atoms. The number of aryl methyl sites for hydroxylation is 1. The van der Waals surface area contributed by atoms with Crippen LogP contribution in [0.15, 0.2) is 30.9 Å². The van der Waals surface area contributed by atoms with E-state index in [-0.39, 0.29) is 6.04 Å². The number of allylic oxidation sites excluding steroid dienone is 1. The Morgan fingerprint density at radius 2 is 2.14 bits per heavy atom. The molecular weight excluding hydrogens is 278 g/mol. The third-order valence-electron chi connectivity index (χ3n) is 5.20. The number of fused-ring (bicyclic) bond motifs is 1. The first-order chi connectivity index (χ1) is 10.6. The van der Waals surface area contributed by atoms with Crippen molar-refractivity contribution in [3.8, 4) is 5.75 Å². The van der Waals surface area contributed by atoms with Gasteiger partial charge in [-0.25, -0.2) is 0 Å². The highest BCUT2D eigenvalue weighted by molar-refractivity contribution is 5.46. The number of hydrogen-bond acceptors (Lipinski definition) is 4. The first kappa shape index (κ1) is 15.5. The zero-order chi connectivity index (χ0) is 15.8. The van der Waals surface area contributed by atoms with Crippen LogP contribution in [-0.2, 0) is 21.3 Å². The van der Waals surface area contributed by atoms with E-state index >= 15 is 0 Å². The van der Waals surface area contributed by atoms with Gasteiger partial charge < -0.3 is 19.9 Å². The fraction of sp³-hybridized carbons (Fsp3) is 0.556. The van der Waals surface area contributed by atoms with E-state index in [2.05, 4.69) is 18.7 Å². The molecule has 1 spiro atoms. The topological polar surface area (TPSA) is 53.7 Å². The minimum Gasteiger partial charge on any atom is -0.497 e. The molecule has 1 aromatic carbocycles. The molecule has 0 radical (unpaired) electrons. The van der Waals surface area contributed by atoms with Crippen molar-refractivity contribution in [3.63, 3.8) is 0 Å². The van der Waals surface area contributed by atoms with Gasteiger partial charge in [0.25, 0.3) is 0 Å². The van der Waals surface area contributed by atoms with Crippen LogP contribution in [0.4, 0.5) is 0 Å². The van der Waals surface area contributed by atoms with Gasteiger partial charge in [-0.2, -0.15) is 0 Å². The molecule has 120 valence electrons. The van der Waals surface area contributed by atoms with Crippen molar-refractivity contribution < 1.29 is 14.2 Å². The van der Waals surface area contributed by atoms with E-state index in [0.29, 0.717) is 19.6 Å². The van der Waals surface area contributed by atoms with Gasteiger partial charge in [0.15, 0.2) is 5.79 Å². The van der Waals surface area contributed by atoms with Gasteiger partial charge in [-0.15, -0.1) is 6.58 Å². The third kappa shape index (κ3) is 2.02. The normalized spacial score (nSPS) is 27.4. The zero-order valence-electron chi connectivity index (χ0n) is 13.4. The summed E-state index contributed by atoms with van der Waals surface area (Å²) in [5.41, 5.74) is 8.54. The largest absolute Gasteiger partial charge is 0.497 e. The van der Waals surface area contributed by atoms with E-state index in [9.17, 15) is 0 Å². The van der Waals surface area contributed by atoms with E-state index in [0.717, 1.165) is 18.6 Å². The second-order valence-corrected chi connectivity index (χ2v) is 6.23. The standard InChI is InChI=1S/C18H25NO3/c1-4-8-17(13(2)19)16-12-15(20-3)6-5-14(16)7-9-18(17)21-10-11-22-18/h4-6,12-13H,1,7-11,19H2,2-3H3. The highest BCUT2D eigenvalue weighted by Crippen LogP contribution is 2.53. The summed E-state index contributed by atoms with van der Waals surface area (Å²) in [6.07, 6.45) is 4.38. The molecule has 0 aromatic heterocycles. The number of rotatable bonds is 4. The number of hydrogen-bond donors (Lipinski definition) is 1. The highest BCUT2D eigenvalue weighted by atomic mass is 16.7. The van der Waals surface area contributed by atoms with E-state index < -0.39 is 11.2 Å². The number of benzene rings is 1. The summed E-state index contributed by atoms with van der Waals surface area (Å²) in [6, 6.07) is 6.10. The average molecular weight is 303 g/mol. The quantitative estimate of drug-likeness (QED) is 0.869. The second-order valence-electron chi connectivity index (χ2n) is 6.23. The predicted octanol–water partition coefficient (Wildman–Crippen LogP) is 2.55. The smallest absolute Gasteiger partial charge is 0.180 e. The van der Waals surface area contributed by atoms with Crippen molar-refractivity contribution >= 4 is 0 Å². The van der Waals surface area contributed by atoms with Gasteiger partial charge in [0.2, 0.25) is 0 Å². The van der Waals surface area contributed by atoms with Gasteiger partial charge in [0.1, 0.15) is 5.75 Å². The fourth-order valence-corrected chi connectivity index (χ4v) is 4.17. The molecule has 4 heteroatoms. The van der Waals surface area contributed by atoms with Gasteiger partial charge in [-0.3, -0.25) is 0 Å². The van der Waals surface area contributed by atoms with Gasteiger partial charge >= 0.3 is 0 Å². The maximum atomic E-state index is 6.50. The van der Waals surface area contributed by atoms with Crippen LogP contribution in [0.25, 0.3) is 0 Å². The fourth-order valence-electron chi connectivity index (χ4n) is 4.17. The van der Waals surface area contributed by atoms with Gasteiger partial charge in [0, 0.05) is 12.5 Å². The van der Waals surface area contributed by atoms with Gasteiger partial charge in [0.05, 0.1) is 25.7 Å². The summed E-state index contributed by atoms with van der Waals surface area (Å²) in [5.74, 6) is 0.178. The Morgan fingerprint density at radius 3 is 2.73 bits per heavy atom. The minimum atomic E-state index is -0.658. The molecule has 2 unspecified atom stereocenters. The Hall–Kier alpha value is -1.36. The van der Waals surface area contributed by atoms with Crippen molar-refractivity contribution in [1.29, 1.82) is 0 Å². The first-order valence-electron chi connectivity index (χ1n) is 7.91. The van der Waals surface area contributed by atoms with Gasteiger partial charge in [-0.05, 0) is 43.0 Å². The molecule has 22 heavy (non-hydrogen) atoms. The molecule has 1 saturated heterocycles. The van der Waals surface area contributed by atoms with Crippen molar-refractivity contribution in [1.82, 2.24) is 0 Å². The van der Waals surface area contributed by atoms with Crippen LogP contribution in [0.2, 0.25) is 0 Å². The summed E-state index contributed by atoms with van der Waals surface area (Å²) >= 11 is 0. The summed E-state index contributed by atoms with van der Waals surface area (Å²) in [5, 5.41) is 0.